The average Bonchev–Trinajstić information content (AvgIpc) is 1.67. The van der Waals surface area contributed by atoms with Crippen molar-refractivity contribution in [3.63, 3.8) is 0 Å². The van der Waals surface area contributed by atoms with Crippen LogP contribution in [0.5, 0.6) is 11.5 Å². The number of anilines is 4. The molecule has 0 spiro atoms. The number of aromatic nitrogens is 8. The Balaban J connectivity index is 0.000000142. The van der Waals surface area contributed by atoms with Gasteiger partial charge in [-0.1, -0.05) is 94.9 Å². The van der Waals surface area contributed by atoms with Gasteiger partial charge in [-0.15, -0.1) is 29.3 Å². The number of halogens is 1. The second kappa shape index (κ2) is 32.0. The minimum Gasteiger partial charge on any atom is -0.497 e. The van der Waals surface area contributed by atoms with Crippen molar-refractivity contribution in [1.82, 2.24) is 44.8 Å². The van der Waals surface area contributed by atoms with E-state index in [2.05, 4.69) is 64.5 Å². The summed E-state index contributed by atoms with van der Waals surface area (Å²) in [4.78, 5) is 72.2. The molecule has 20 nitrogen and oxygen atoms in total. The Hall–Kier alpha value is -11.3. The molecular weight excluding hydrogens is 1280 g/mol. The number of carbonyl (C=O) groups excluding carboxylic acids is 2. The molecule has 13 rings (SSSR count). The van der Waals surface area contributed by atoms with Crippen LogP contribution in [0.25, 0.3) is 70.9 Å². The quantitative estimate of drug-likeness (QED) is 0.0550. The van der Waals surface area contributed by atoms with E-state index in [0.29, 0.717) is 63.4 Å². The van der Waals surface area contributed by atoms with Crippen molar-refractivity contribution in [2.45, 2.75) is 27.2 Å². The van der Waals surface area contributed by atoms with Gasteiger partial charge in [0, 0.05) is 74.1 Å². The molecule has 0 atom stereocenters. The fourth-order valence-electron chi connectivity index (χ4n) is 9.52. The van der Waals surface area contributed by atoms with Crippen molar-refractivity contribution in [3.05, 3.63) is 244 Å². The van der Waals surface area contributed by atoms with Crippen LogP contribution in [0, 0.1) is 26.6 Å². The van der Waals surface area contributed by atoms with Crippen molar-refractivity contribution >= 4 is 95.1 Å². The second-order valence-corrected chi connectivity index (χ2v) is 24.6. The van der Waals surface area contributed by atoms with E-state index in [0.717, 1.165) is 65.5 Å². The number of benzene rings is 7. The van der Waals surface area contributed by atoms with Gasteiger partial charge in [-0.25, -0.2) is 19.3 Å². The summed E-state index contributed by atoms with van der Waals surface area (Å²) < 4.78 is 31.3. The number of aromatic amines is 1. The first-order valence-corrected chi connectivity index (χ1v) is 32.4. The molecule has 6 heterocycles. The number of aryl methyl sites for hydroxylation is 3. The van der Waals surface area contributed by atoms with E-state index < -0.39 is 5.97 Å². The summed E-state index contributed by atoms with van der Waals surface area (Å²) in [5.41, 5.74) is 12.3. The van der Waals surface area contributed by atoms with Crippen LogP contribution in [0.1, 0.15) is 22.4 Å². The fourth-order valence-corrected chi connectivity index (χ4v) is 12.1. The monoisotopic (exact) mass is 1340 g/mol. The molecule has 6 aromatic heterocycles. The first-order chi connectivity index (χ1) is 46.4. The lowest BCUT2D eigenvalue weighted by atomic mass is 10.1. The Labute approximate surface area is 563 Å². The summed E-state index contributed by atoms with van der Waals surface area (Å²) in [7, 11) is 5.37. The summed E-state index contributed by atoms with van der Waals surface area (Å²) in [6.45, 7) is 10.4. The summed E-state index contributed by atoms with van der Waals surface area (Å²) in [6, 6.07) is 51.5. The molecule has 0 radical (unpaired) electrons. The Morgan fingerprint density at radius 3 is 2.21 bits per heavy atom. The van der Waals surface area contributed by atoms with Crippen LogP contribution in [0.15, 0.2) is 215 Å². The predicted octanol–water partition coefficient (Wildman–Crippen LogP) is 14.9. The second-order valence-electron chi connectivity index (χ2n) is 21.9. The van der Waals surface area contributed by atoms with Gasteiger partial charge < -0.3 is 39.6 Å². The van der Waals surface area contributed by atoms with Crippen LogP contribution in [0.4, 0.5) is 26.6 Å². The third kappa shape index (κ3) is 18.3. The van der Waals surface area contributed by atoms with Crippen LogP contribution < -0.4 is 30.6 Å². The van der Waals surface area contributed by atoms with Crippen molar-refractivity contribution in [3.8, 4) is 61.3 Å². The zero-order chi connectivity index (χ0) is 67.7. The maximum Gasteiger partial charge on any atom is 0.309 e. The molecule has 7 aromatic carbocycles. The van der Waals surface area contributed by atoms with Gasteiger partial charge >= 0.3 is 5.97 Å². The maximum atomic E-state index is 12.9. The standard InChI is InChI=1S/C23H18FN3O3.C19H16N4OS.C18H20N4OS.C12H11NO3S/c1-15-5-7-16(8-6-15)22-26-23(30-27-22)17-3-2-4-20(13-17)29-14-21(28)25-19-11-9-18(24)10-12-19;1-12-7-13(2)9-14(8-12)21-15-10-18(24)23(20-11-15)19-22-16-5-3-4-6-17(16)25-19;1-4-9-22(17(23)11-21(2)3)18-20-16(12-24-18)14-10-19-15-8-6-5-7-13(14)15;1-16-10-4-2-8(3-5-10)12-13-9(7-17-12)6-11(14)15/h2-13H,14H2,1H3,(H,25,28);3-11,21H,1-2H3;4-8,10,12,19H,1,9,11H2,2-3H3;2-5,7H,6H2,1H3,(H,14,15). The van der Waals surface area contributed by atoms with Crippen LogP contribution in [0.3, 0.4) is 0 Å². The number of para-hydroxylation sites is 2. The van der Waals surface area contributed by atoms with Gasteiger partial charge in [-0.05, 0) is 143 Å². The Kier molecular flexibility index (Phi) is 22.5. The van der Waals surface area contributed by atoms with E-state index >= 15 is 0 Å². The van der Waals surface area contributed by atoms with Crippen LogP contribution >= 0.6 is 34.0 Å². The smallest absolute Gasteiger partial charge is 0.309 e. The summed E-state index contributed by atoms with van der Waals surface area (Å²) >= 11 is 4.36. The normalized spacial score (nSPS) is 10.8. The Morgan fingerprint density at radius 2 is 1.49 bits per heavy atom. The van der Waals surface area contributed by atoms with Gasteiger partial charge in [0.1, 0.15) is 22.3 Å². The molecule has 0 bridgehead atoms. The number of fused-ring (bicyclic) bond motifs is 2. The van der Waals surface area contributed by atoms with E-state index in [-0.39, 0.29) is 36.2 Å². The third-order valence-corrected chi connectivity index (χ3v) is 16.8. The van der Waals surface area contributed by atoms with Gasteiger partial charge in [0.15, 0.2) is 11.7 Å². The molecule has 0 aliphatic rings. The molecule has 13 aromatic rings. The number of carboxylic acid groups (broad SMARTS) is 1. The van der Waals surface area contributed by atoms with Gasteiger partial charge in [0.2, 0.25) is 16.9 Å². The molecule has 2 amide bonds. The summed E-state index contributed by atoms with van der Waals surface area (Å²) in [5, 5.41) is 29.8. The Bertz CT molecular complexity index is 4820. The fraction of sp³-hybridized carbons (Fsp3) is 0.139. The molecule has 24 heteroatoms. The van der Waals surface area contributed by atoms with E-state index in [4.69, 9.17) is 19.1 Å². The predicted molar refractivity (Wildman–Crippen MR) is 379 cm³/mol. The van der Waals surface area contributed by atoms with Crippen LogP contribution in [-0.4, -0.2) is 109 Å². The number of hydrogen-bond donors (Lipinski definition) is 4. The molecule has 0 unspecified atom stereocenters. The molecule has 486 valence electrons. The van der Waals surface area contributed by atoms with Crippen LogP contribution in [0.2, 0.25) is 0 Å². The molecular formula is C72H65FN12O8S3. The first-order valence-electron chi connectivity index (χ1n) is 29.8. The maximum absolute atomic E-state index is 12.9. The number of aliphatic carboxylic acids is 1. The van der Waals surface area contributed by atoms with Crippen LogP contribution in [-0.2, 0) is 20.8 Å². The number of hydrogen-bond acceptors (Lipinski definition) is 18. The average molecular weight is 1340 g/mol. The highest BCUT2D eigenvalue weighted by molar-refractivity contribution is 7.20. The number of nitrogens with one attached hydrogen (secondary N) is 3. The lowest BCUT2D eigenvalue weighted by Crippen LogP contribution is -2.38. The minimum absolute atomic E-state index is 0.0136. The molecule has 0 aliphatic heterocycles. The number of ether oxygens (including phenoxy) is 2. The zero-order valence-electron chi connectivity index (χ0n) is 53.0. The number of nitrogens with zero attached hydrogens (tertiary/aromatic N) is 9. The minimum atomic E-state index is -0.864. The number of rotatable bonds is 19. The highest BCUT2D eigenvalue weighted by atomic mass is 32.1. The summed E-state index contributed by atoms with van der Waals surface area (Å²) in [6.07, 6.45) is 5.29. The number of methoxy groups -OCH3 is 1. The van der Waals surface area contributed by atoms with E-state index in [1.54, 1.807) is 47.9 Å². The lowest BCUT2D eigenvalue weighted by molar-refractivity contribution is -0.136. The van der Waals surface area contributed by atoms with E-state index in [9.17, 15) is 23.6 Å². The molecule has 0 saturated heterocycles. The van der Waals surface area contributed by atoms with Crippen molar-refractivity contribution < 1.29 is 37.9 Å². The van der Waals surface area contributed by atoms with Gasteiger partial charge in [-0.3, -0.25) is 24.1 Å². The zero-order valence-corrected chi connectivity index (χ0v) is 55.5. The lowest BCUT2D eigenvalue weighted by Gasteiger charge is -2.20. The molecule has 0 fully saturated rings. The molecule has 0 aliphatic carbocycles. The highest BCUT2D eigenvalue weighted by Crippen LogP contribution is 2.33. The number of amides is 2. The van der Waals surface area contributed by atoms with Gasteiger partial charge in [-0.2, -0.15) is 14.8 Å². The largest absolute Gasteiger partial charge is 0.497 e. The topological polar surface area (TPSA) is 249 Å². The number of thiazole rings is 3. The summed E-state index contributed by atoms with van der Waals surface area (Å²) in [5.74, 6) is 0.546. The number of carbonyl (C=O) groups is 3. The number of likely N-dealkylation sites (N-methyl/N-ethyl adjacent to an activating group) is 1. The van der Waals surface area contributed by atoms with Crippen molar-refractivity contribution in [2.24, 2.45) is 0 Å². The van der Waals surface area contributed by atoms with Gasteiger partial charge in [0.05, 0.1) is 53.6 Å². The first kappa shape index (κ1) is 67.6. The SMILES string of the molecule is C=CCN(C(=O)CN(C)C)c1nc(-c2c[nH]c3ccccc23)cs1.COc1ccc(-c2nc(CC(=O)O)cs2)cc1.Cc1cc(C)cc(Nc2cnn(-c3nc4ccccc4s3)c(=O)c2)c1.Cc1ccc(-c2noc(-c3cccc(OCC(=O)Nc4ccc(F)cc4)c3)n2)cc1. The third-order valence-electron chi connectivity index (χ3n) is 14.0. The van der Waals surface area contributed by atoms with Crippen molar-refractivity contribution in [2.75, 3.05) is 56.4 Å². The van der Waals surface area contributed by atoms with E-state index in [1.807, 2.05) is 161 Å². The number of H-pyrrole nitrogens is 1. The molecule has 96 heavy (non-hydrogen) atoms. The number of carboxylic acids is 1. The molecule has 4 N–H and O–H groups in total. The van der Waals surface area contributed by atoms with Crippen molar-refractivity contribution in [1.29, 1.82) is 0 Å². The van der Waals surface area contributed by atoms with E-state index in [1.165, 1.54) is 80.2 Å². The van der Waals surface area contributed by atoms with Gasteiger partial charge in [0.25, 0.3) is 17.4 Å². The Morgan fingerprint density at radius 1 is 0.750 bits per heavy atom. The molecule has 0 saturated carbocycles. The highest BCUT2D eigenvalue weighted by Gasteiger charge is 2.21.